The Hall–Kier alpha value is -2.48. The number of pyridine rings is 1. The standard InChI is InChI=1S/C16H18N4O3S/c1-23-14-10(5-4-7-18-14)16(22)20-8-3-2-6-11(20)15-19-9-12(24-15)13(17)21/h4-5,7,9,11H,2-3,6,8H2,1H3,(H2,17,21)/t11-/m0/s1. The molecule has 0 unspecified atom stereocenters. The minimum Gasteiger partial charge on any atom is -0.480 e. The van der Waals surface area contributed by atoms with Crippen LogP contribution in [0, 0.1) is 0 Å². The summed E-state index contributed by atoms with van der Waals surface area (Å²) in [5.74, 6) is -0.328. The number of aromatic nitrogens is 2. The predicted octanol–water partition coefficient (Wildman–Crippen LogP) is 2.01. The van der Waals surface area contributed by atoms with Crippen LogP contribution in [-0.2, 0) is 0 Å². The zero-order valence-corrected chi connectivity index (χ0v) is 14.1. The molecule has 0 radical (unpaired) electrons. The molecule has 1 aliphatic rings. The van der Waals surface area contributed by atoms with E-state index in [0.29, 0.717) is 22.9 Å². The number of piperidine rings is 1. The zero-order chi connectivity index (χ0) is 17.1. The normalized spacial score (nSPS) is 17.5. The Morgan fingerprint density at radius 1 is 1.38 bits per heavy atom. The summed E-state index contributed by atoms with van der Waals surface area (Å²) in [7, 11) is 1.49. The Bertz CT molecular complexity index is 761. The molecular weight excluding hydrogens is 328 g/mol. The van der Waals surface area contributed by atoms with Gasteiger partial charge in [0.1, 0.15) is 15.4 Å². The van der Waals surface area contributed by atoms with E-state index >= 15 is 0 Å². The summed E-state index contributed by atoms with van der Waals surface area (Å²) in [4.78, 5) is 34.9. The number of amides is 2. The summed E-state index contributed by atoms with van der Waals surface area (Å²) in [6.07, 6.45) is 5.80. The number of likely N-dealkylation sites (tertiary alicyclic amines) is 1. The maximum Gasteiger partial charge on any atom is 0.260 e. The third kappa shape index (κ3) is 3.09. The number of rotatable bonds is 4. The number of carbonyl (C=O) groups is 2. The van der Waals surface area contributed by atoms with Crippen molar-refractivity contribution in [3.8, 4) is 5.88 Å². The molecule has 8 heteroatoms. The zero-order valence-electron chi connectivity index (χ0n) is 13.3. The summed E-state index contributed by atoms with van der Waals surface area (Å²) in [6, 6.07) is 3.26. The van der Waals surface area contributed by atoms with E-state index in [2.05, 4.69) is 9.97 Å². The van der Waals surface area contributed by atoms with E-state index in [4.69, 9.17) is 10.5 Å². The van der Waals surface area contributed by atoms with Gasteiger partial charge in [-0.3, -0.25) is 9.59 Å². The molecule has 126 valence electrons. The second-order valence-electron chi connectivity index (χ2n) is 5.50. The summed E-state index contributed by atoms with van der Waals surface area (Å²) >= 11 is 1.25. The lowest BCUT2D eigenvalue weighted by Gasteiger charge is -2.34. The van der Waals surface area contributed by atoms with E-state index < -0.39 is 5.91 Å². The van der Waals surface area contributed by atoms with Crippen LogP contribution >= 0.6 is 11.3 Å². The van der Waals surface area contributed by atoms with E-state index in [1.54, 1.807) is 23.2 Å². The number of carbonyl (C=O) groups excluding carboxylic acids is 2. The fraction of sp³-hybridized carbons (Fsp3) is 0.375. The topological polar surface area (TPSA) is 98.4 Å². The second-order valence-corrected chi connectivity index (χ2v) is 6.56. The largest absolute Gasteiger partial charge is 0.480 e. The summed E-state index contributed by atoms with van der Waals surface area (Å²) in [5.41, 5.74) is 5.74. The quantitative estimate of drug-likeness (QED) is 0.913. The number of primary amides is 1. The molecule has 1 saturated heterocycles. The number of hydrogen-bond acceptors (Lipinski definition) is 6. The maximum atomic E-state index is 13.0. The van der Waals surface area contributed by atoms with Crippen molar-refractivity contribution in [1.82, 2.24) is 14.9 Å². The predicted molar refractivity (Wildman–Crippen MR) is 89.0 cm³/mol. The van der Waals surface area contributed by atoms with Gasteiger partial charge in [-0.05, 0) is 31.4 Å². The first-order valence-electron chi connectivity index (χ1n) is 7.67. The molecule has 7 nitrogen and oxygen atoms in total. The van der Waals surface area contributed by atoms with Crippen LogP contribution in [0.3, 0.4) is 0 Å². The fourth-order valence-electron chi connectivity index (χ4n) is 2.86. The van der Waals surface area contributed by atoms with Crippen molar-refractivity contribution in [1.29, 1.82) is 0 Å². The van der Waals surface area contributed by atoms with Gasteiger partial charge < -0.3 is 15.4 Å². The summed E-state index contributed by atoms with van der Waals surface area (Å²) < 4.78 is 5.20. The van der Waals surface area contributed by atoms with Gasteiger partial charge in [0.2, 0.25) is 5.88 Å². The number of hydrogen-bond donors (Lipinski definition) is 1. The molecule has 1 atom stereocenters. The van der Waals surface area contributed by atoms with Gasteiger partial charge in [0.25, 0.3) is 11.8 Å². The Balaban J connectivity index is 1.91. The van der Waals surface area contributed by atoms with Gasteiger partial charge in [-0.2, -0.15) is 0 Å². The maximum absolute atomic E-state index is 13.0. The van der Waals surface area contributed by atoms with Crippen LogP contribution in [0.2, 0.25) is 0 Å². The molecule has 0 spiro atoms. The Kier molecular flexibility index (Phi) is 4.75. The molecule has 1 aliphatic heterocycles. The van der Waals surface area contributed by atoms with Crippen LogP contribution in [0.1, 0.15) is 50.3 Å². The third-order valence-corrected chi connectivity index (χ3v) is 5.12. The van der Waals surface area contributed by atoms with E-state index in [9.17, 15) is 9.59 Å². The molecular formula is C16H18N4O3S. The number of ether oxygens (including phenoxy) is 1. The number of nitrogens with two attached hydrogens (primary N) is 1. The molecule has 1 fully saturated rings. The van der Waals surface area contributed by atoms with Crippen molar-refractivity contribution < 1.29 is 14.3 Å². The molecule has 2 aromatic rings. The highest BCUT2D eigenvalue weighted by Gasteiger charge is 2.32. The fourth-order valence-corrected chi connectivity index (χ4v) is 3.78. The molecule has 0 aromatic carbocycles. The van der Waals surface area contributed by atoms with Gasteiger partial charge in [0.05, 0.1) is 19.3 Å². The van der Waals surface area contributed by atoms with Gasteiger partial charge in [-0.25, -0.2) is 9.97 Å². The highest BCUT2D eigenvalue weighted by Crippen LogP contribution is 2.35. The van der Waals surface area contributed by atoms with Crippen LogP contribution in [-0.4, -0.2) is 40.3 Å². The van der Waals surface area contributed by atoms with Gasteiger partial charge in [-0.1, -0.05) is 0 Å². The van der Waals surface area contributed by atoms with Crippen molar-refractivity contribution in [2.75, 3.05) is 13.7 Å². The van der Waals surface area contributed by atoms with Gasteiger partial charge >= 0.3 is 0 Å². The number of thiazole rings is 1. The smallest absolute Gasteiger partial charge is 0.260 e. The summed E-state index contributed by atoms with van der Waals surface area (Å²) in [5, 5.41) is 0.736. The SMILES string of the molecule is COc1ncccc1C(=O)N1CCCC[C@H]1c1ncc(C(N)=O)s1. The lowest BCUT2D eigenvalue weighted by molar-refractivity contribution is 0.0607. The molecule has 2 aromatic heterocycles. The van der Waals surface area contributed by atoms with Crippen LogP contribution in [0.25, 0.3) is 0 Å². The lowest BCUT2D eigenvalue weighted by Crippen LogP contribution is -2.38. The van der Waals surface area contributed by atoms with Gasteiger partial charge in [0, 0.05) is 12.7 Å². The highest BCUT2D eigenvalue weighted by molar-refractivity contribution is 7.13. The molecule has 3 rings (SSSR count). The van der Waals surface area contributed by atoms with E-state index in [1.165, 1.54) is 24.6 Å². The van der Waals surface area contributed by atoms with Crippen molar-refractivity contribution >= 4 is 23.2 Å². The average molecular weight is 346 g/mol. The second kappa shape index (κ2) is 6.96. The first-order valence-corrected chi connectivity index (χ1v) is 8.49. The lowest BCUT2D eigenvalue weighted by atomic mass is 10.0. The van der Waals surface area contributed by atoms with Crippen LogP contribution in [0.5, 0.6) is 5.88 Å². The van der Waals surface area contributed by atoms with E-state index in [0.717, 1.165) is 24.3 Å². The van der Waals surface area contributed by atoms with Crippen molar-refractivity contribution in [2.24, 2.45) is 5.73 Å². The molecule has 2 amide bonds. The molecule has 0 saturated carbocycles. The third-order valence-electron chi connectivity index (χ3n) is 4.01. The molecule has 0 bridgehead atoms. The Labute approximate surface area is 143 Å². The summed E-state index contributed by atoms with van der Waals surface area (Å²) in [6.45, 7) is 0.632. The van der Waals surface area contributed by atoms with Crippen molar-refractivity contribution in [3.63, 3.8) is 0 Å². The van der Waals surface area contributed by atoms with E-state index in [-0.39, 0.29) is 11.9 Å². The van der Waals surface area contributed by atoms with Crippen LogP contribution in [0.15, 0.2) is 24.5 Å². The highest BCUT2D eigenvalue weighted by atomic mass is 32.1. The van der Waals surface area contributed by atoms with E-state index in [1.807, 2.05) is 0 Å². The molecule has 2 N–H and O–H groups in total. The molecule has 0 aliphatic carbocycles. The monoisotopic (exact) mass is 346 g/mol. The minimum atomic E-state index is -0.499. The van der Waals surface area contributed by atoms with Crippen LogP contribution in [0.4, 0.5) is 0 Å². The van der Waals surface area contributed by atoms with Gasteiger partial charge in [-0.15, -0.1) is 11.3 Å². The minimum absolute atomic E-state index is 0.138. The Morgan fingerprint density at radius 3 is 2.92 bits per heavy atom. The first-order chi connectivity index (χ1) is 11.6. The van der Waals surface area contributed by atoms with Crippen molar-refractivity contribution in [3.05, 3.63) is 40.0 Å². The molecule has 24 heavy (non-hydrogen) atoms. The van der Waals surface area contributed by atoms with Gasteiger partial charge in [0.15, 0.2) is 0 Å². The first kappa shape index (κ1) is 16.4. The van der Waals surface area contributed by atoms with Crippen molar-refractivity contribution in [2.45, 2.75) is 25.3 Å². The number of methoxy groups -OCH3 is 1. The van der Waals surface area contributed by atoms with Crippen LogP contribution < -0.4 is 10.5 Å². The Morgan fingerprint density at radius 2 is 2.21 bits per heavy atom. The average Bonchev–Trinajstić information content (AvgIpc) is 3.11. The molecule has 3 heterocycles. The number of nitrogens with zero attached hydrogens (tertiary/aromatic N) is 3.